The van der Waals surface area contributed by atoms with Gasteiger partial charge in [0.1, 0.15) is 5.52 Å². The molecule has 1 unspecified atom stereocenters. The van der Waals surface area contributed by atoms with Crippen LogP contribution in [0.1, 0.15) is 15.7 Å². The number of nitrogens with zero attached hydrogens (tertiary/aromatic N) is 3. The molecule has 0 radical (unpaired) electrons. The molecule has 1 atom stereocenters. The van der Waals surface area contributed by atoms with Crippen LogP contribution < -0.4 is 0 Å². The van der Waals surface area contributed by atoms with Crippen molar-refractivity contribution >= 4 is 28.6 Å². The summed E-state index contributed by atoms with van der Waals surface area (Å²) < 4.78 is 1.69. The van der Waals surface area contributed by atoms with E-state index < -0.39 is 5.37 Å². The highest BCUT2D eigenvalue weighted by atomic mass is 32.2. The van der Waals surface area contributed by atoms with Crippen LogP contribution >= 0.6 is 11.8 Å². The third-order valence-electron chi connectivity index (χ3n) is 3.11. The predicted octanol–water partition coefficient (Wildman–Crippen LogP) is 3.18. The second-order valence-electron chi connectivity index (χ2n) is 4.34. The summed E-state index contributed by atoms with van der Waals surface area (Å²) in [6, 6.07) is 16.9. The minimum absolute atomic E-state index is 0.0359. The molecule has 0 saturated heterocycles. The van der Waals surface area contributed by atoms with Crippen molar-refractivity contribution in [1.82, 2.24) is 15.0 Å². The molecule has 0 fully saturated rings. The summed E-state index contributed by atoms with van der Waals surface area (Å²) in [5.74, 6) is 0.0359. The van der Waals surface area contributed by atoms with Crippen LogP contribution in [0.25, 0.3) is 11.0 Å². The molecule has 0 amide bonds. The quantitative estimate of drug-likeness (QED) is 0.690. The topological polar surface area (TPSA) is 47.8 Å². The fourth-order valence-corrected chi connectivity index (χ4v) is 2.83. The molecule has 3 aromatic rings. The van der Waals surface area contributed by atoms with E-state index >= 15 is 0 Å². The van der Waals surface area contributed by atoms with Gasteiger partial charge in [-0.25, -0.2) is 4.68 Å². The van der Waals surface area contributed by atoms with E-state index in [1.807, 2.05) is 60.9 Å². The number of rotatable bonds is 4. The van der Waals surface area contributed by atoms with E-state index in [9.17, 15) is 4.79 Å². The lowest BCUT2D eigenvalue weighted by molar-refractivity contribution is 0.0964. The van der Waals surface area contributed by atoms with Crippen molar-refractivity contribution in [3.05, 3.63) is 60.2 Å². The second kappa shape index (κ2) is 5.46. The molecule has 0 N–H and O–H groups in total. The van der Waals surface area contributed by atoms with Crippen molar-refractivity contribution in [3.63, 3.8) is 0 Å². The molecule has 1 aromatic heterocycles. The third kappa shape index (κ3) is 2.20. The molecule has 0 aliphatic heterocycles. The van der Waals surface area contributed by atoms with Gasteiger partial charge in [0.05, 0.1) is 5.52 Å². The maximum absolute atomic E-state index is 12.6. The standard InChI is InChI=1S/C15H13N3OS/c1-20-15(14(19)11-7-3-2-4-8-11)18-13-10-6-5-9-12(13)16-17-18/h2-10,15H,1H3. The van der Waals surface area contributed by atoms with Gasteiger partial charge >= 0.3 is 0 Å². The fourth-order valence-electron chi connectivity index (χ4n) is 2.12. The molecule has 5 heteroatoms. The Morgan fingerprint density at radius 1 is 1.10 bits per heavy atom. The van der Waals surface area contributed by atoms with Crippen LogP contribution in [0, 0.1) is 0 Å². The maximum Gasteiger partial charge on any atom is 0.197 e. The third-order valence-corrected chi connectivity index (χ3v) is 3.97. The molecule has 0 spiro atoms. The number of carbonyl (C=O) groups is 1. The monoisotopic (exact) mass is 283 g/mol. The van der Waals surface area contributed by atoms with Crippen molar-refractivity contribution in [2.24, 2.45) is 0 Å². The molecule has 2 aromatic carbocycles. The number of hydrogen-bond donors (Lipinski definition) is 0. The van der Waals surface area contributed by atoms with Gasteiger partial charge in [-0.1, -0.05) is 47.7 Å². The number of benzene rings is 2. The minimum atomic E-state index is -0.398. The Morgan fingerprint density at radius 3 is 2.55 bits per heavy atom. The van der Waals surface area contributed by atoms with Gasteiger partial charge in [0, 0.05) is 5.56 Å². The van der Waals surface area contributed by atoms with Gasteiger partial charge < -0.3 is 0 Å². The van der Waals surface area contributed by atoms with Crippen molar-refractivity contribution in [2.75, 3.05) is 6.26 Å². The lowest BCUT2D eigenvalue weighted by atomic mass is 10.1. The van der Waals surface area contributed by atoms with Gasteiger partial charge in [0.15, 0.2) is 11.2 Å². The van der Waals surface area contributed by atoms with Gasteiger partial charge in [-0.3, -0.25) is 4.79 Å². The smallest absolute Gasteiger partial charge is 0.197 e. The second-order valence-corrected chi connectivity index (χ2v) is 5.26. The first-order chi connectivity index (χ1) is 9.81. The zero-order valence-electron chi connectivity index (χ0n) is 10.9. The van der Waals surface area contributed by atoms with E-state index in [2.05, 4.69) is 10.3 Å². The fraction of sp³-hybridized carbons (Fsp3) is 0.133. The number of ketones is 1. The highest BCUT2D eigenvalue weighted by Gasteiger charge is 2.23. The Hall–Kier alpha value is -2.14. The van der Waals surface area contributed by atoms with E-state index in [4.69, 9.17) is 0 Å². The zero-order valence-corrected chi connectivity index (χ0v) is 11.7. The van der Waals surface area contributed by atoms with Crippen molar-refractivity contribution < 1.29 is 4.79 Å². The molecule has 3 rings (SSSR count). The number of para-hydroxylation sites is 1. The van der Waals surface area contributed by atoms with Gasteiger partial charge in [-0.15, -0.1) is 16.9 Å². The number of carbonyl (C=O) groups excluding carboxylic acids is 1. The SMILES string of the molecule is CSC(C(=O)c1ccccc1)n1nnc2ccccc21. The maximum atomic E-state index is 12.6. The van der Waals surface area contributed by atoms with Crippen LogP contribution in [-0.4, -0.2) is 27.0 Å². The molecule has 0 aliphatic rings. The van der Waals surface area contributed by atoms with Crippen LogP contribution in [0.4, 0.5) is 0 Å². The van der Waals surface area contributed by atoms with Crippen molar-refractivity contribution in [3.8, 4) is 0 Å². The molecule has 4 nitrogen and oxygen atoms in total. The Balaban J connectivity index is 2.04. The Labute approximate surface area is 120 Å². The molecule has 20 heavy (non-hydrogen) atoms. The average Bonchev–Trinajstić information content (AvgIpc) is 2.93. The zero-order chi connectivity index (χ0) is 13.9. The van der Waals surface area contributed by atoms with Gasteiger partial charge in [0.25, 0.3) is 0 Å². The Bertz CT molecular complexity index is 739. The minimum Gasteiger partial charge on any atom is -0.291 e. The normalized spacial score (nSPS) is 12.4. The summed E-state index contributed by atoms with van der Waals surface area (Å²) in [6.07, 6.45) is 1.90. The van der Waals surface area contributed by atoms with E-state index in [1.165, 1.54) is 11.8 Å². The number of aromatic nitrogens is 3. The van der Waals surface area contributed by atoms with E-state index in [-0.39, 0.29) is 5.78 Å². The van der Waals surface area contributed by atoms with Crippen LogP contribution in [-0.2, 0) is 0 Å². The molecule has 1 heterocycles. The summed E-state index contributed by atoms with van der Waals surface area (Å²) in [6.45, 7) is 0. The molecule has 0 bridgehead atoms. The highest BCUT2D eigenvalue weighted by molar-refractivity contribution is 7.99. The van der Waals surface area contributed by atoms with Crippen LogP contribution in [0.15, 0.2) is 54.6 Å². The van der Waals surface area contributed by atoms with Gasteiger partial charge in [-0.2, -0.15) is 0 Å². The lowest BCUT2D eigenvalue weighted by Gasteiger charge is -2.14. The van der Waals surface area contributed by atoms with E-state index in [0.29, 0.717) is 5.56 Å². The summed E-state index contributed by atoms with van der Waals surface area (Å²) >= 11 is 1.46. The summed E-state index contributed by atoms with van der Waals surface area (Å²) in [7, 11) is 0. The highest BCUT2D eigenvalue weighted by Crippen LogP contribution is 2.27. The number of hydrogen-bond acceptors (Lipinski definition) is 4. The number of fused-ring (bicyclic) bond motifs is 1. The Morgan fingerprint density at radius 2 is 1.80 bits per heavy atom. The predicted molar refractivity (Wildman–Crippen MR) is 80.9 cm³/mol. The molecule has 100 valence electrons. The molecule has 0 aliphatic carbocycles. The molecular weight excluding hydrogens is 270 g/mol. The summed E-state index contributed by atoms with van der Waals surface area (Å²) in [5, 5.41) is 7.85. The average molecular weight is 283 g/mol. The van der Waals surface area contributed by atoms with Crippen molar-refractivity contribution in [1.29, 1.82) is 0 Å². The van der Waals surface area contributed by atoms with Gasteiger partial charge in [0.2, 0.25) is 0 Å². The summed E-state index contributed by atoms with van der Waals surface area (Å²) in [5.41, 5.74) is 2.36. The van der Waals surface area contributed by atoms with Gasteiger partial charge in [-0.05, 0) is 18.4 Å². The van der Waals surface area contributed by atoms with Crippen molar-refractivity contribution in [2.45, 2.75) is 5.37 Å². The first kappa shape index (κ1) is 12.9. The lowest BCUT2D eigenvalue weighted by Crippen LogP contribution is -2.17. The number of Topliss-reactive ketones (excluding diaryl/α,β-unsaturated/α-hetero) is 1. The van der Waals surface area contributed by atoms with Crippen LogP contribution in [0.3, 0.4) is 0 Å². The first-order valence-electron chi connectivity index (χ1n) is 6.23. The number of thioether (sulfide) groups is 1. The largest absolute Gasteiger partial charge is 0.291 e. The van der Waals surface area contributed by atoms with Crippen LogP contribution in [0.2, 0.25) is 0 Å². The van der Waals surface area contributed by atoms with E-state index in [0.717, 1.165) is 11.0 Å². The first-order valence-corrected chi connectivity index (χ1v) is 7.52. The van der Waals surface area contributed by atoms with Crippen LogP contribution in [0.5, 0.6) is 0 Å². The summed E-state index contributed by atoms with van der Waals surface area (Å²) in [4.78, 5) is 12.6. The Kier molecular flexibility index (Phi) is 3.52. The molecular formula is C15H13N3OS. The molecule has 0 saturated carbocycles. The van der Waals surface area contributed by atoms with E-state index in [1.54, 1.807) is 4.68 Å².